The molecule has 1 aromatic carbocycles. The van der Waals surface area contributed by atoms with Crippen LogP contribution in [-0.2, 0) is 6.42 Å². The molecule has 0 saturated heterocycles. The van der Waals surface area contributed by atoms with E-state index in [1.165, 1.54) is 17.6 Å². The lowest BCUT2D eigenvalue weighted by Crippen LogP contribution is -2.18. The minimum atomic E-state index is -0.376. The van der Waals surface area contributed by atoms with Gasteiger partial charge in [0.15, 0.2) is 17.3 Å². The van der Waals surface area contributed by atoms with Crippen LogP contribution in [0.5, 0.6) is 11.5 Å². The van der Waals surface area contributed by atoms with Gasteiger partial charge < -0.3 is 24.5 Å². The van der Waals surface area contributed by atoms with Gasteiger partial charge in [-0.1, -0.05) is 13.0 Å². The number of benzene rings is 1. The van der Waals surface area contributed by atoms with Gasteiger partial charge in [0.25, 0.3) is 5.91 Å². The molecule has 0 radical (unpaired) electrons. The number of aryl methyl sites for hydroxylation is 3. The number of amides is 1. The molecule has 35 heavy (non-hydrogen) atoms. The van der Waals surface area contributed by atoms with E-state index in [1.54, 1.807) is 26.4 Å². The summed E-state index contributed by atoms with van der Waals surface area (Å²) >= 11 is 1.53. The number of carbonyl (C=O) groups excluding carboxylic acids is 1. The highest BCUT2D eigenvalue weighted by Crippen LogP contribution is 2.40. The van der Waals surface area contributed by atoms with Crippen LogP contribution in [0.15, 0.2) is 53.1 Å². The zero-order valence-electron chi connectivity index (χ0n) is 20.3. The van der Waals surface area contributed by atoms with Gasteiger partial charge >= 0.3 is 0 Å². The molecular formula is C26H28N4O4S. The van der Waals surface area contributed by atoms with Crippen molar-refractivity contribution in [1.82, 2.24) is 9.97 Å². The second kappa shape index (κ2) is 10.6. The second-order valence-corrected chi connectivity index (χ2v) is 9.08. The number of hydrogen-bond donors (Lipinski definition) is 2. The van der Waals surface area contributed by atoms with E-state index in [9.17, 15) is 4.79 Å². The molecule has 182 valence electrons. The number of aromatic nitrogens is 2. The third-order valence-electron chi connectivity index (χ3n) is 5.44. The van der Waals surface area contributed by atoms with E-state index in [2.05, 4.69) is 33.6 Å². The molecule has 9 heteroatoms. The summed E-state index contributed by atoms with van der Waals surface area (Å²) in [6, 6.07) is 12.7. The van der Waals surface area contributed by atoms with Crippen molar-refractivity contribution >= 4 is 28.2 Å². The Morgan fingerprint density at radius 3 is 2.43 bits per heavy atom. The molecule has 3 aromatic heterocycles. The highest BCUT2D eigenvalue weighted by Gasteiger charge is 2.25. The number of rotatable bonds is 9. The number of carbonyl (C=O) groups is 1. The van der Waals surface area contributed by atoms with Crippen molar-refractivity contribution in [2.24, 2.45) is 0 Å². The van der Waals surface area contributed by atoms with Crippen molar-refractivity contribution in [2.75, 3.05) is 24.9 Å². The molecule has 0 fully saturated rings. The number of methoxy groups -OCH3 is 2. The lowest BCUT2D eigenvalue weighted by molar-refractivity contribution is 0.0997. The van der Waals surface area contributed by atoms with E-state index >= 15 is 0 Å². The van der Waals surface area contributed by atoms with E-state index in [4.69, 9.17) is 13.9 Å². The summed E-state index contributed by atoms with van der Waals surface area (Å²) in [5.41, 5.74) is 3.51. The lowest BCUT2D eigenvalue weighted by atomic mass is 9.99. The van der Waals surface area contributed by atoms with Crippen molar-refractivity contribution < 1.29 is 18.7 Å². The SMILES string of the molecule is CCc1cc(C(Nc2nc(C)cc(C)n2)c2ccc(OC)c(OC)c2)c(NC(=O)c2ccco2)s1. The summed E-state index contributed by atoms with van der Waals surface area (Å²) < 4.78 is 16.3. The highest BCUT2D eigenvalue weighted by molar-refractivity contribution is 7.16. The fourth-order valence-corrected chi connectivity index (χ4v) is 4.84. The summed E-state index contributed by atoms with van der Waals surface area (Å²) in [7, 11) is 3.21. The van der Waals surface area contributed by atoms with Crippen molar-refractivity contribution in [3.8, 4) is 11.5 Å². The normalized spacial score (nSPS) is 11.7. The number of furan rings is 1. The first-order valence-electron chi connectivity index (χ1n) is 11.2. The first-order chi connectivity index (χ1) is 16.9. The predicted octanol–water partition coefficient (Wildman–Crippen LogP) is 5.78. The Balaban J connectivity index is 1.81. The topological polar surface area (TPSA) is 98.5 Å². The second-order valence-electron chi connectivity index (χ2n) is 7.95. The predicted molar refractivity (Wildman–Crippen MR) is 137 cm³/mol. The Kier molecular flexibility index (Phi) is 7.36. The van der Waals surface area contributed by atoms with Gasteiger partial charge in [0.1, 0.15) is 5.00 Å². The number of ether oxygens (including phenoxy) is 2. The van der Waals surface area contributed by atoms with Crippen LogP contribution in [0.25, 0.3) is 0 Å². The summed E-state index contributed by atoms with van der Waals surface area (Å²) in [4.78, 5) is 23.1. The molecule has 2 N–H and O–H groups in total. The van der Waals surface area contributed by atoms with Crippen LogP contribution in [0.3, 0.4) is 0 Å². The van der Waals surface area contributed by atoms with E-state index in [0.29, 0.717) is 17.4 Å². The van der Waals surface area contributed by atoms with Crippen molar-refractivity contribution in [3.05, 3.63) is 81.9 Å². The van der Waals surface area contributed by atoms with Gasteiger partial charge in [0.05, 0.1) is 26.5 Å². The van der Waals surface area contributed by atoms with E-state index in [1.807, 2.05) is 38.1 Å². The first kappa shape index (κ1) is 24.3. The third-order valence-corrected chi connectivity index (χ3v) is 6.65. The van der Waals surface area contributed by atoms with Crippen LogP contribution in [0.4, 0.5) is 10.9 Å². The fraction of sp³-hybridized carbons (Fsp3) is 0.269. The summed E-state index contributed by atoms with van der Waals surface area (Å²) in [5.74, 6) is 1.66. The molecule has 8 nitrogen and oxygen atoms in total. The maximum absolute atomic E-state index is 12.8. The quantitative estimate of drug-likeness (QED) is 0.305. The van der Waals surface area contributed by atoms with Gasteiger partial charge in [-0.25, -0.2) is 9.97 Å². The highest BCUT2D eigenvalue weighted by atomic mass is 32.1. The van der Waals surface area contributed by atoms with Gasteiger partial charge in [0, 0.05) is 21.8 Å². The zero-order valence-corrected chi connectivity index (χ0v) is 21.2. The molecule has 1 amide bonds. The smallest absolute Gasteiger partial charge is 0.291 e. The molecule has 0 spiro atoms. The molecule has 0 aliphatic heterocycles. The lowest BCUT2D eigenvalue weighted by Gasteiger charge is -2.22. The monoisotopic (exact) mass is 492 g/mol. The maximum Gasteiger partial charge on any atom is 0.291 e. The number of nitrogens with one attached hydrogen (secondary N) is 2. The van der Waals surface area contributed by atoms with Crippen LogP contribution in [0, 0.1) is 13.8 Å². The molecule has 0 aliphatic rings. The average molecular weight is 493 g/mol. The summed E-state index contributed by atoms with van der Waals surface area (Å²) in [6.45, 7) is 5.94. The van der Waals surface area contributed by atoms with E-state index in [0.717, 1.165) is 38.8 Å². The van der Waals surface area contributed by atoms with E-state index < -0.39 is 0 Å². The largest absolute Gasteiger partial charge is 0.493 e. The molecule has 1 atom stereocenters. The van der Waals surface area contributed by atoms with Crippen molar-refractivity contribution in [1.29, 1.82) is 0 Å². The third kappa shape index (κ3) is 5.46. The molecule has 0 aliphatic carbocycles. The van der Waals surface area contributed by atoms with Gasteiger partial charge in [-0.15, -0.1) is 11.3 Å². The summed E-state index contributed by atoms with van der Waals surface area (Å²) in [6.07, 6.45) is 2.31. The van der Waals surface area contributed by atoms with Crippen LogP contribution >= 0.6 is 11.3 Å². The number of thiophene rings is 1. The molecular weight excluding hydrogens is 464 g/mol. The minimum absolute atomic E-state index is 0.246. The van der Waals surface area contributed by atoms with Crippen molar-refractivity contribution in [3.63, 3.8) is 0 Å². The first-order valence-corrected chi connectivity index (χ1v) is 12.0. The van der Waals surface area contributed by atoms with Crippen LogP contribution in [-0.4, -0.2) is 30.1 Å². The molecule has 3 heterocycles. The van der Waals surface area contributed by atoms with Gasteiger partial charge in [0.2, 0.25) is 5.95 Å². The fourth-order valence-electron chi connectivity index (χ4n) is 3.81. The Morgan fingerprint density at radius 1 is 1.06 bits per heavy atom. The number of hydrogen-bond acceptors (Lipinski definition) is 8. The van der Waals surface area contributed by atoms with Crippen LogP contribution in [0.1, 0.15) is 50.9 Å². The van der Waals surface area contributed by atoms with E-state index in [-0.39, 0.29) is 17.7 Å². The molecule has 4 aromatic rings. The number of anilines is 2. The zero-order chi connectivity index (χ0) is 24.9. The average Bonchev–Trinajstić information content (AvgIpc) is 3.52. The Morgan fingerprint density at radius 2 is 1.80 bits per heavy atom. The Labute approximate surface area is 208 Å². The molecule has 0 bridgehead atoms. The van der Waals surface area contributed by atoms with Gasteiger partial charge in [-0.05, 0) is 62.2 Å². The molecule has 1 unspecified atom stereocenters. The standard InChI is InChI=1S/C26H28N4O4S/c1-6-18-14-19(25(35-18)30-24(31)21-8-7-11-34-21)23(29-26-27-15(2)12-16(3)28-26)17-9-10-20(32-4)22(13-17)33-5/h7-14,23H,6H2,1-5H3,(H,30,31)(H,27,28,29). The molecule has 4 rings (SSSR count). The van der Waals surface area contributed by atoms with Crippen molar-refractivity contribution in [2.45, 2.75) is 33.2 Å². The molecule has 0 saturated carbocycles. The Hall–Kier alpha value is -3.85. The van der Waals surface area contributed by atoms with Gasteiger partial charge in [-0.2, -0.15) is 0 Å². The van der Waals surface area contributed by atoms with Gasteiger partial charge in [-0.3, -0.25) is 4.79 Å². The van der Waals surface area contributed by atoms with Crippen LogP contribution in [0.2, 0.25) is 0 Å². The number of nitrogens with zero attached hydrogens (tertiary/aromatic N) is 2. The summed E-state index contributed by atoms with van der Waals surface area (Å²) in [5, 5.41) is 7.23. The van der Waals surface area contributed by atoms with Crippen LogP contribution < -0.4 is 20.1 Å². The maximum atomic E-state index is 12.8. The minimum Gasteiger partial charge on any atom is -0.493 e. The Bertz CT molecular complexity index is 1300.